The molecule has 0 unspecified atom stereocenters. The average molecular weight is 592 g/mol. The van der Waals surface area contributed by atoms with Crippen LogP contribution in [0.3, 0.4) is 0 Å². The zero-order valence-electron chi connectivity index (χ0n) is 23.0. The smallest absolute Gasteiger partial charge is 0.378 e. The van der Waals surface area contributed by atoms with E-state index in [-0.39, 0.29) is 23.8 Å². The van der Waals surface area contributed by atoms with Crippen molar-refractivity contribution >= 4 is 40.6 Å². The molecule has 5 heterocycles. The number of hydrogen-bond donors (Lipinski definition) is 0. The quantitative estimate of drug-likeness (QED) is 0.526. The van der Waals surface area contributed by atoms with Gasteiger partial charge in [0, 0.05) is 38.2 Å². The Morgan fingerprint density at radius 2 is 1.85 bits per heavy atom. The molecule has 2 amide bonds. The van der Waals surface area contributed by atoms with E-state index in [1.807, 2.05) is 6.07 Å². The number of pyridine rings is 1. The highest BCUT2D eigenvalue weighted by atomic mass is 35.5. The number of halogens is 4. The topological polar surface area (TPSA) is 69.2 Å². The molecule has 8 nitrogen and oxygen atoms in total. The summed E-state index contributed by atoms with van der Waals surface area (Å²) < 4.78 is 46.3. The number of carbonyl (C=O) groups is 2. The molecule has 4 aliphatic heterocycles. The number of aromatic nitrogens is 1. The van der Waals surface area contributed by atoms with Crippen LogP contribution in [0.2, 0.25) is 5.02 Å². The third-order valence-electron chi connectivity index (χ3n) is 8.89. The van der Waals surface area contributed by atoms with E-state index in [2.05, 4.69) is 14.8 Å². The van der Waals surface area contributed by atoms with Crippen LogP contribution in [0.1, 0.15) is 30.5 Å². The predicted octanol–water partition coefficient (Wildman–Crippen LogP) is 4.38. The van der Waals surface area contributed by atoms with Crippen LogP contribution in [0.15, 0.2) is 30.3 Å². The number of likely N-dealkylation sites (tertiary alicyclic amines) is 1. The third-order valence-corrected chi connectivity index (χ3v) is 9.20. The fourth-order valence-electron chi connectivity index (χ4n) is 6.68. The molecule has 3 fully saturated rings. The van der Waals surface area contributed by atoms with E-state index in [1.165, 1.54) is 16.7 Å². The Labute approximate surface area is 242 Å². The highest BCUT2D eigenvalue weighted by Crippen LogP contribution is 2.43. The van der Waals surface area contributed by atoms with Gasteiger partial charge in [0.25, 0.3) is 0 Å². The number of rotatable bonds is 4. The summed E-state index contributed by atoms with van der Waals surface area (Å²) in [5.74, 6) is -1.01. The summed E-state index contributed by atoms with van der Waals surface area (Å²) in [5.41, 5.74) is 0.576. The standard InChI is InChI=1S/C29H33ClF3N5O3/c1-17-10-20(29(31,32)33)12-24(34-17)38-25(39)11-19-14-37(13-18-6-8-36(9-7-18)21-15-41-16-21)27-22(30)4-3-5-23(27)35(2)28(40)26(19)38/h3-5,10,12,18-19,21,26H,6-9,11,13-16H2,1-2H3/t19-,26+/m1/s1. The van der Waals surface area contributed by atoms with Crippen LogP contribution < -0.4 is 14.7 Å². The van der Waals surface area contributed by atoms with E-state index in [0.29, 0.717) is 35.8 Å². The number of aryl methyl sites for hydroxylation is 1. The van der Waals surface area contributed by atoms with Gasteiger partial charge < -0.3 is 14.5 Å². The number of benzene rings is 1. The van der Waals surface area contributed by atoms with Crippen molar-refractivity contribution in [3.8, 4) is 0 Å². The maximum Gasteiger partial charge on any atom is 0.416 e. The summed E-state index contributed by atoms with van der Waals surface area (Å²) >= 11 is 6.76. The fraction of sp³-hybridized carbons (Fsp3) is 0.552. The number of para-hydroxylation sites is 1. The van der Waals surface area contributed by atoms with Gasteiger partial charge in [0.05, 0.1) is 41.2 Å². The zero-order valence-corrected chi connectivity index (χ0v) is 23.8. The molecule has 0 saturated carbocycles. The molecule has 6 rings (SSSR count). The second kappa shape index (κ2) is 10.7. The molecule has 41 heavy (non-hydrogen) atoms. The van der Waals surface area contributed by atoms with Gasteiger partial charge in [-0.1, -0.05) is 17.7 Å². The minimum Gasteiger partial charge on any atom is -0.378 e. The molecule has 12 heteroatoms. The van der Waals surface area contributed by atoms with Crippen LogP contribution in [0, 0.1) is 18.8 Å². The molecule has 0 N–H and O–H groups in total. The van der Waals surface area contributed by atoms with Gasteiger partial charge in [-0.3, -0.25) is 19.4 Å². The number of nitrogens with zero attached hydrogens (tertiary/aromatic N) is 5. The van der Waals surface area contributed by atoms with Crippen LogP contribution in [0.4, 0.5) is 30.4 Å². The fourth-order valence-corrected chi connectivity index (χ4v) is 6.97. The number of fused-ring (bicyclic) bond motifs is 2. The van der Waals surface area contributed by atoms with Crippen molar-refractivity contribution in [2.24, 2.45) is 11.8 Å². The molecule has 0 aliphatic carbocycles. The van der Waals surface area contributed by atoms with Crippen molar-refractivity contribution in [2.45, 2.75) is 44.4 Å². The number of amides is 2. The summed E-state index contributed by atoms with van der Waals surface area (Å²) in [7, 11) is 1.63. The van der Waals surface area contributed by atoms with Crippen LogP contribution in [0.5, 0.6) is 0 Å². The van der Waals surface area contributed by atoms with Crippen LogP contribution >= 0.6 is 11.6 Å². The molecule has 0 spiro atoms. The Kier molecular flexibility index (Phi) is 7.40. The van der Waals surface area contributed by atoms with Crippen molar-refractivity contribution in [1.29, 1.82) is 0 Å². The second-order valence-corrected chi connectivity index (χ2v) is 12.0. The van der Waals surface area contributed by atoms with Crippen molar-refractivity contribution in [3.63, 3.8) is 0 Å². The van der Waals surface area contributed by atoms with Gasteiger partial charge in [0.1, 0.15) is 11.9 Å². The first-order chi connectivity index (χ1) is 19.5. The first kappa shape index (κ1) is 28.2. The average Bonchev–Trinajstić information content (AvgIpc) is 3.21. The largest absolute Gasteiger partial charge is 0.416 e. The van der Waals surface area contributed by atoms with Crippen molar-refractivity contribution in [1.82, 2.24) is 9.88 Å². The first-order valence-electron chi connectivity index (χ1n) is 14.0. The first-order valence-corrected chi connectivity index (χ1v) is 14.4. The number of hydrogen-bond acceptors (Lipinski definition) is 6. The molecule has 1 aromatic carbocycles. The van der Waals surface area contributed by atoms with E-state index >= 15 is 0 Å². The number of carbonyl (C=O) groups excluding carboxylic acids is 2. The second-order valence-electron chi connectivity index (χ2n) is 11.6. The Bertz CT molecular complexity index is 1350. The maximum absolute atomic E-state index is 14.0. The van der Waals surface area contributed by atoms with Crippen molar-refractivity contribution < 1.29 is 27.5 Å². The Balaban J connectivity index is 1.33. The highest BCUT2D eigenvalue weighted by molar-refractivity contribution is 6.34. The molecule has 1 aromatic heterocycles. The lowest BCUT2D eigenvalue weighted by molar-refractivity contribution is -0.137. The van der Waals surface area contributed by atoms with Gasteiger partial charge in [0.15, 0.2) is 0 Å². The molecular weight excluding hydrogens is 559 g/mol. The van der Waals surface area contributed by atoms with Gasteiger partial charge >= 0.3 is 6.18 Å². The van der Waals surface area contributed by atoms with Crippen LogP contribution in [-0.2, 0) is 20.5 Å². The molecule has 0 radical (unpaired) electrons. The molecule has 4 aliphatic rings. The van der Waals surface area contributed by atoms with Gasteiger partial charge in [-0.05, 0) is 63.0 Å². The van der Waals surface area contributed by atoms with E-state index in [4.69, 9.17) is 16.3 Å². The van der Waals surface area contributed by atoms with Crippen molar-refractivity contribution in [3.05, 3.63) is 46.6 Å². The summed E-state index contributed by atoms with van der Waals surface area (Å²) in [6.07, 6.45) is -2.57. The Morgan fingerprint density at radius 3 is 2.51 bits per heavy atom. The summed E-state index contributed by atoms with van der Waals surface area (Å²) in [6.45, 7) is 6.07. The molecule has 2 aromatic rings. The Morgan fingerprint density at radius 1 is 1.12 bits per heavy atom. The van der Waals surface area contributed by atoms with E-state index < -0.39 is 29.6 Å². The lowest BCUT2D eigenvalue weighted by Crippen LogP contribution is -2.54. The summed E-state index contributed by atoms with van der Waals surface area (Å²) in [4.78, 5) is 39.0. The lowest BCUT2D eigenvalue weighted by atomic mass is 9.92. The van der Waals surface area contributed by atoms with Gasteiger partial charge in [-0.25, -0.2) is 4.98 Å². The van der Waals surface area contributed by atoms with Crippen molar-refractivity contribution in [2.75, 3.05) is 61.1 Å². The maximum atomic E-state index is 14.0. The minimum absolute atomic E-state index is 0.0254. The van der Waals surface area contributed by atoms with E-state index in [0.717, 1.165) is 57.0 Å². The third kappa shape index (κ3) is 5.28. The molecule has 3 saturated heterocycles. The Hall–Kier alpha value is -2.89. The van der Waals surface area contributed by atoms with Crippen LogP contribution in [0.25, 0.3) is 0 Å². The van der Waals surface area contributed by atoms with Gasteiger partial charge in [-0.2, -0.15) is 13.2 Å². The molecule has 0 bridgehead atoms. The predicted molar refractivity (Wildman–Crippen MR) is 149 cm³/mol. The number of alkyl halides is 3. The molecule has 2 atom stereocenters. The lowest BCUT2D eigenvalue weighted by Gasteiger charge is -2.44. The van der Waals surface area contributed by atoms with Gasteiger partial charge in [-0.15, -0.1) is 0 Å². The molecular formula is C29H33ClF3N5O3. The van der Waals surface area contributed by atoms with Crippen LogP contribution in [-0.4, -0.2) is 80.2 Å². The molecule has 220 valence electrons. The van der Waals surface area contributed by atoms with E-state index in [9.17, 15) is 22.8 Å². The highest BCUT2D eigenvalue weighted by Gasteiger charge is 2.49. The number of ether oxygens (including phenoxy) is 1. The number of piperidine rings is 1. The SMILES string of the molecule is Cc1cc(C(F)(F)F)cc(N2C(=O)C[C@@H]3CN(CC4CCN(C5COC5)CC4)c4c(Cl)cccc4N(C)C(=O)[C@H]32)n1. The van der Waals surface area contributed by atoms with Gasteiger partial charge in [0.2, 0.25) is 11.8 Å². The minimum atomic E-state index is -4.61. The monoisotopic (exact) mass is 591 g/mol. The summed E-state index contributed by atoms with van der Waals surface area (Å²) in [5, 5.41) is 0.515. The number of anilines is 3. The summed E-state index contributed by atoms with van der Waals surface area (Å²) in [6, 6.07) is 6.70. The normalized spacial score (nSPS) is 24.7. The zero-order chi connectivity index (χ0) is 29.1. The van der Waals surface area contributed by atoms with E-state index in [1.54, 1.807) is 19.2 Å². The number of likely N-dealkylation sites (N-methyl/N-ethyl adjacent to an activating group) is 1.